The van der Waals surface area contributed by atoms with Crippen LogP contribution >= 0.6 is 0 Å². The van der Waals surface area contributed by atoms with Gasteiger partial charge in [-0.05, 0) is 18.4 Å². The molecule has 0 fully saturated rings. The summed E-state index contributed by atoms with van der Waals surface area (Å²) in [5.74, 6) is -2.24. The standard InChI is InChI=1S/C19H27N3O8/c1-4-30-18(26)16(23)11-21(10-12(2)3)19(27)20-15(17(24)25)9-13-6-5-7-14(8-13)22(28)29/h5-8,12,15-16,23H,4,9-11H2,1-3H3,(H,20,27)(H,24,25)/t15-,16-/m0/s1. The molecule has 0 heterocycles. The lowest BCUT2D eigenvalue weighted by atomic mass is 10.1. The number of nitro benzene ring substituents is 1. The Morgan fingerprint density at radius 1 is 1.27 bits per heavy atom. The minimum Gasteiger partial charge on any atom is -0.480 e. The number of hydrogen-bond donors (Lipinski definition) is 3. The molecule has 11 heteroatoms. The summed E-state index contributed by atoms with van der Waals surface area (Å²) in [7, 11) is 0. The van der Waals surface area contributed by atoms with E-state index in [9.17, 15) is 34.7 Å². The van der Waals surface area contributed by atoms with E-state index in [-0.39, 0.29) is 37.7 Å². The molecule has 30 heavy (non-hydrogen) atoms. The van der Waals surface area contributed by atoms with Crippen molar-refractivity contribution in [3.8, 4) is 0 Å². The van der Waals surface area contributed by atoms with Gasteiger partial charge in [0.25, 0.3) is 5.69 Å². The quantitative estimate of drug-likeness (QED) is 0.271. The molecule has 3 N–H and O–H groups in total. The molecule has 0 bridgehead atoms. The minimum atomic E-state index is -1.57. The highest BCUT2D eigenvalue weighted by Crippen LogP contribution is 2.15. The first kappa shape index (κ1) is 24.8. The molecule has 0 spiro atoms. The molecule has 2 amide bonds. The first-order chi connectivity index (χ1) is 14.0. The number of aliphatic carboxylic acids is 1. The van der Waals surface area contributed by atoms with Crippen LogP contribution in [0.15, 0.2) is 24.3 Å². The van der Waals surface area contributed by atoms with E-state index < -0.39 is 35.0 Å². The molecule has 0 aliphatic carbocycles. The third-order valence-electron chi connectivity index (χ3n) is 3.98. The van der Waals surface area contributed by atoms with Crippen molar-refractivity contribution < 1.29 is 34.3 Å². The number of carboxylic acid groups (broad SMARTS) is 1. The fourth-order valence-corrected chi connectivity index (χ4v) is 2.68. The second kappa shape index (κ2) is 11.7. The smallest absolute Gasteiger partial charge is 0.336 e. The highest BCUT2D eigenvalue weighted by Gasteiger charge is 2.28. The van der Waals surface area contributed by atoms with E-state index in [2.05, 4.69) is 5.32 Å². The number of aliphatic hydroxyl groups is 1. The molecule has 0 aromatic heterocycles. The Morgan fingerprint density at radius 3 is 2.47 bits per heavy atom. The van der Waals surface area contributed by atoms with Crippen molar-refractivity contribution in [2.24, 2.45) is 5.92 Å². The van der Waals surface area contributed by atoms with E-state index in [4.69, 9.17) is 4.74 Å². The number of aliphatic hydroxyl groups excluding tert-OH is 1. The van der Waals surface area contributed by atoms with Gasteiger partial charge in [0.15, 0.2) is 6.10 Å². The van der Waals surface area contributed by atoms with Gasteiger partial charge in [-0.15, -0.1) is 0 Å². The van der Waals surface area contributed by atoms with Crippen LogP contribution < -0.4 is 5.32 Å². The van der Waals surface area contributed by atoms with Crippen LogP contribution in [0.2, 0.25) is 0 Å². The topological polar surface area (TPSA) is 159 Å². The van der Waals surface area contributed by atoms with Crippen LogP contribution in [-0.4, -0.2) is 69.8 Å². The number of carbonyl (C=O) groups is 3. The summed E-state index contributed by atoms with van der Waals surface area (Å²) in [6.45, 7) is 5.06. The zero-order valence-corrected chi connectivity index (χ0v) is 17.1. The number of urea groups is 1. The molecule has 1 aromatic carbocycles. The number of nitrogens with one attached hydrogen (secondary N) is 1. The minimum absolute atomic E-state index is 0.0230. The Hall–Kier alpha value is -3.21. The normalized spacial score (nSPS) is 12.7. The second-order valence-corrected chi connectivity index (χ2v) is 7.04. The number of carbonyl (C=O) groups excluding carboxylic acids is 2. The lowest BCUT2D eigenvalue weighted by Crippen LogP contribution is -2.52. The zero-order valence-electron chi connectivity index (χ0n) is 17.1. The highest BCUT2D eigenvalue weighted by molar-refractivity contribution is 5.83. The Kier molecular flexibility index (Phi) is 9.69. The SMILES string of the molecule is CCOC(=O)[C@@H](O)CN(CC(C)C)C(=O)N[C@@H](Cc1cccc([N+](=O)[O-])c1)C(=O)O. The van der Waals surface area contributed by atoms with Crippen molar-refractivity contribution >= 4 is 23.7 Å². The summed E-state index contributed by atoms with van der Waals surface area (Å²) in [6, 6.07) is 3.30. The number of nitrogens with zero attached hydrogens (tertiary/aromatic N) is 2. The van der Waals surface area contributed by atoms with Gasteiger partial charge in [-0.3, -0.25) is 10.1 Å². The summed E-state index contributed by atoms with van der Waals surface area (Å²) >= 11 is 0. The van der Waals surface area contributed by atoms with Crippen molar-refractivity contribution in [3.63, 3.8) is 0 Å². The van der Waals surface area contributed by atoms with Crippen molar-refractivity contribution in [1.29, 1.82) is 0 Å². The second-order valence-electron chi connectivity index (χ2n) is 7.04. The van der Waals surface area contributed by atoms with Crippen LogP contribution in [0.5, 0.6) is 0 Å². The molecular formula is C19H27N3O8. The van der Waals surface area contributed by atoms with E-state index in [1.165, 1.54) is 24.3 Å². The van der Waals surface area contributed by atoms with Crippen molar-refractivity contribution in [3.05, 3.63) is 39.9 Å². The van der Waals surface area contributed by atoms with Gasteiger partial charge in [0.2, 0.25) is 0 Å². The van der Waals surface area contributed by atoms with Gasteiger partial charge in [0.1, 0.15) is 6.04 Å². The predicted octanol–water partition coefficient (Wildman–Crippen LogP) is 1.18. The molecule has 0 aliphatic heterocycles. The number of benzene rings is 1. The van der Waals surface area contributed by atoms with E-state index in [0.717, 1.165) is 4.90 Å². The van der Waals surface area contributed by atoms with Crippen LogP contribution in [0, 0.1) is 16.0 Å². The number of non-ortho nitro benzene ring substituents is 1. The van der Waals surface area contributed by atoms with Gasteiger partial charge in [0.05, 0.1) is 18.1 Å². The van der Waals surface area contributed by atoms with Crippen molar-refractivity contribution in [1.82, 2.24) is 10.2 Å². The van der Waals surface area contributed by atoms with Gasteiger partial charge in [-0.1, -0.05) is 26.0 Å². The summed E-state index contributed by atoms with van der Waals surface area (Å²) in [6.07, 6.45) is -1.76. The largest absolute Gasteiger partial charge is 0.480 e. The predicted molar refractivity (Wildman–Crippen MR) is 106 cm³/mol. The maximum atomic E-state index is 12.7. The molecule has 1 aromatic rings. The maximum Gasteiger partial charge on any atom is 0.336 e. The number of amides is 2. The number of ether oxygens (including phenoxy) is 1. The van der Waals surface area contributed by atoms with Gasteiger partial charge in [-0.25, -0.2) is 14.4 Å². The van der Waals surface area contributed by atoms with E-state index in [1.54, 1.807) is 6.92 Å². The molecule has 2 atom stereocenters. The molecule has 166 valence electrons. The third-order valence-corrected chi connectivity index (χ3v) is 3.98. The Balaban J connectivity index is 2.93. The van der Waals surface area contributed by atoms with Gasteiger partial charge in [-0.2, -0.15) is 0 Å². The van der Waals surface area contributed by atoms with Crippen LogP contribution in [-0.2, 0) is 20.7 Å². The maximum absolute atomic E-state index is 12.7. The molecular weight excluding hydrogens is 398 g/mol. The number of hydrogen-bond acceptors (Lipinski definition) is 7. The highest BCUT2D eigenvalue weighted by atomic mass is 16.6. The molecule has 0 saturated carbocycles. The summed E-state index contributed by atoms with van der Waals surface area (Å²) < 4.78 is 4.72. The molecule has 0 radical (unpaired) electrons. The van der Waals surface area contributed by atoms with Crippen LogP contribution in [0.3, 0.4) is 0 Å². The molecule has 0 saturated heterocycles. The van der Waals surface area contributed by atoms with Gasteiger partial charge < -0.3 is 25.2 Å². The van der Waals surface area contributed by atoms with E-state index in [0.29, 0.717) is 5.56 Å². The zero-order chi connectivity index (χ0) is 22.8. The monoisotopic (exact) mass is 425 g/mol. The lowest BCUT2D eigenvalue weighted by molar-refractivity contribution is -0.384. The average Bonchev–Trinajstić information content (AvgIpc) is 2.66. The Bertz CT molecular complexity index is 768. The molecule has 0 unspecified atom stereocenters. The Labute approximate surface area is 173 Å². The van der Waals surface area contributed by atoms with E-state index in [1.807, 2.05) is 13.8 Å². The average molecular weight is 425 g/mol. The van der Waals surface area contributed by atoms with E-state index >= 15 is 0 Å². The van der Waals surface area contributed by atoms with Gasteiger partial charge in [0, 0.05) is 25.1 Å². The first-order valence-electron chi connectivity index (χ1n) is 9.41. The van der Waals surface area contributed by atoms with Crippen molar-refractivity contribution in [2.45, 2.75) is 39.3 Å². The number of esters is 1. The molecule has 11 nitrogen and oxygen atoms in total. The number of nitro groups is 1. The lowest BCUT2D eigenvalue weighted by Gasteiger charge is -2.28. The molecule has 0 aliphatic rings. The number of rotatable bonds is 11. The third kappa shape index (κ3) is 8.03. The van der Waals surface area contributed by atoms with Crippen molar-refractivity contribution in [2.75, 3.05) is 19.7 Å². The fourth-order valence-electron chi connectivity index (χ4n) is 2.68. The van der Waals surface area contributed by atoms with Crippen LogP contribution in [0.25, 0.3) is 0 Å². The number of carboxylic acids is 1. The first-order valence-corrected chi connectivity index (χ1v) is 9.41. The van der Waals surface area contributed by atoms with Crippen LogP contribution in [0.4, 0.5) is 10.5 Å². The fraction of sp³-hybridized carbons (Fsp3) is 0.526. The van der Waals surface area contributed by atoms with Gasteiger partial charge >= 0.3 is 18.0 Å². The van der Waals surface area contributed by atoms with Crippen LogP contribution in [0.1, 0.15) is 26.3 Å². The Morgan fingerprint density at radius 2 is 1.93 bits per heavy atom. The summed E-state index contributed by atoms with van der Waals surface area (Å²) in [5.41, 5.74) is 0.167. The summed E-state index contributed by atoms with van der Waals surface area (Å²) in [5, 5.41) is 32.7. The molecule has 1 rings (SSSR count). The summed E-state index contributed by atoms with van der Waals surface area (Å²) in [4.78, 5) is 47.4.